The number of anilines is 3. The fourth-order valence-corrected chi connectivity index (χ4v) is 3.16. The zero-order valence-electron chi connectivity index (χ0n) is 15.6. The van der Waals surface area contributed by atoms with Crippen molar-refractivity contribution in [1.29, 1.82) is 0 Å². The van der Waals surface area contributed by atoms with E-state index in [0.717, 1.165) is 18.4 Å². The number of rotatable bonds is 6. The van der Waals surface area contributed by atoms with E-state index in [1.807, 2.05) is 32.9 Å². The van der Waals surface area contributed by atoms with Crippen molar-refractivity contribution in [3.8, 4) is 0 Å². The molecule has 0 amide bonds. The number of aryl methyl sites for hydroxylation is 1. The Bertz CT molecular complexity index is 954. The van der Waals surface area contributed by atoms with Crippen molar-refractivity contribution in [1.82, 2.24) is 9.55 Å². The predicted octanol–water partition coefficient (Wildman–Crippen LogP) is 3.10. The van der Waals surface area contributed by atoms with Gasteiger partial charge in [0, 0.05) is 23.8 Å². The molecule has 9 heteroatoms. The van der Waals surface area contributed by atoms with Crippen LogP contribution in [0.4, 0.5) is 17.2 Å². The fourth-order valence-electron chi connectivity index (χ4n) is 2.64. The molecule has 0 unspecified atom stereocenters. The monoisotopic (exact) mass is 409 g/mol. The number of aromatic amines is 1. The zero-order valence-corrected chi connectivity index (χ0v) is 17.2. The van der Waals surface area contributed by atoms with E-state index in [1.54, 1.807) is 11.0 Å². The van der Waals surface area contributed by atoms with Crippen molar-refractivity contribution in [2.75, 3.05) is 22.5 Å². The number of benzene rings is 1. The number of thiocarbonyl (C=S) groups is 1. The first-order valence-corrected chi connectivity index (χ1v) is 9.56. The van der Waals surface area contributed by atoms with Crippen molar-refractivity contribution in [3.05, 3.63) is 49.6 Å². The number of nitrogens with one attached hydrogen (secondary N) is 2. The lowest BCUT2D eigenvalue weighted by Crippen LogP contribution is -2.42. The molecule has 0 saturated carbocycles. The molecule has 2 rings (SSSR count). The lowest BCUT2D eigenvalue weighted by Gasteiger charge is -2.26. The Morgan fingerprint density at radius 3 is 2.67 bits per heavy atom. The standard InChI is InChI=1S/C18H24ClN5O2S/c1-4-6-9-24-15(20)14(16(25)22-17(24)26)23(5-2)18(27)21-12-8-7-11(3)13(19)10-12/h7-8,10H,4-6,9,20H2,1-3H3,(H,21,27)(H,22,25,26). The highest BCUT2D eigenvalue weighted by Gasteiger charge is 2.21. The van der Waals surface area contributed by atoms with E-state index in [9.17, 15) is 9.59 Å². The van der Waals surface area contributed by atoms with Gasteiger partial charge in [0.2, 0.25) is 0 Å². The maximum atomic E-state index is 12.4. The summed E-state index contributed by atoms with van der Waals surface area (Å²) in [7, 11) is 0. The van der Waals surface area contributed by atoms with Crippen molar-refractivity contribution in [3.63, 3.8) is 0 Å². The molecule has 0 spiro atoms. The summed E-state index contributed by atoms with van der Waals surface area (Å²) in [5.41, 5.74) is 6.88. The quantitative estimate of drug-likeness (QED) is 0.634. The summed E-state index contributed by atoms with van der Waals surface area (Å²) in [4.78, 5) is 28.4. The van der Waals surface area contributed by atoms with Crippen LogP contribution in [0.5, 0.6) is 0 Å². The highest BCUT2D eigenvalue weighted by Crippen LogP contribution is 2.22. The van der Waals surface area contributed by atoms with Gasteiger partial charge in [-0.05, 0) is 50.2 Å². The number of nitrogen functional groups attached to an aromatic ring is 1. The number of H-pyrrole nitrogens is 1. The lowest BCUT2D eigenvalue weighted by atomic mass is 10.2. The minimum Gasteiger partial charge on any atom is -0.383 e. The van der Waals surface area contributed by atoms with E-state index in [2.05, 4.69) is 10.3 Å². The van der Waals surface area contributed by atoms with Crippen LogP contribution in [0.15, 0.2) is 27.8 Å². The number of halogens is 1. The Kier molecular flexibility index (Phi) is 7.04. The maximum absolute atomic E-state index is 12.4. The third-order valence-corrected chi connectivity index (χ3v) is 4.93. The zero-order chi connectivity index (χ0) is 20.1. The summed E-state index contributed by atoms with van der Waals surface area (Å²) in [5.74, 6) is 0.102. The van der Waals surface area contributed by atoms with E-state index < -0.39 is 11.2 Å². The number of nitrogens with zero attached hydrogens (tertiary/aromatic N) is 2. The number of aromatic nitrogens is 2. The van der Waals surface area contributed by atoms with Gasteiger partial charge < -0.3 is 16.0 Å². The lowest BCUT2D eigenvalue weighted by molar-refractivity contribution is 0.604. The molecule has 27 heavy (non-hydrogen) atoms. The molecule has 0 aliphatic heterocycles. The molecule has 4 N–H and O–H groups in total. The molecule has 7 nitrogen and oxygen atoms in total. The third kappa shape index (κ3) is 4.70. The second kappa shape index (κ2) is 9.05. The van der Waals surface area contributed by atoms with Crippen molar-refractivity contribution in [2.45, 2.75) is 40.2 Å². The van der Waals surface area contributed by atoms with E-state index in [4.69, 9.17) is 29.6 Å². The number of hydrogen-bond donors (Lipinski definition) is 3. The molecule has 0 aliphatic carbocycles. The Balaban J connectivity index is 2.41. The van der Waals surface area contributed by atoms with E-state index in [0.29, 0.717) is 23.8 Å². The first-order valence-electron chi connectivity index (χ1n) is 8.77. The van der Waals surface area contributed by atoms with Gasteiger partial charge in [-0.25, -0.2) is 4.79 Å². The summed E-state index contributed by atoms with van der Waals surface area (Å²) in [6.45, 7) is 6.58. The third-order valence-electron chi connectivity index (χ3n) is 4.20. The second-order valence-corrected chi connectivity index (χ2v) is 6.93. The molecule has 1 heterocycles. The molecule has 0 atom stereocenters. The first-order chi connectivity index (χ1) is 12.8. The van der Waals surface area contributed by atoms with Gasteiger partial charge in [0.15, 0.2) is 10.8 Å². The molecule has 0 saturated heterocycles. The fraction of sp³-hybridized carbons (Fsp3) is 0.389. The Morgan fingerprint density at radius 2 is 2.07 bits per heavy atom. The topological polar surface area (TPSA) is 96.2 Å². The molecule has 0 aliphatic rings. The van der Waals surface area contributed by atoms with Crippen molar-refractivity contribution in [2.24, 2.45) is 0 Å². The van der Waals surface area contributed by atoms with Crippen LogP contribution in [-0.4, -0.2) is 21.2 Å². The molecular weight excluding hydrogens is 386 g/mol. The van der Waals surface area contributed by atoms with Crippen LogP contribution < -0.4 is 27.2 Å². The van der Waals surface area contributed by atoms with Gasteiger partial charge in [-0.3, -0.25) is 14.3 Å². The first kappa shape index (κ1) is 21.0. The van der Waals surface area contributed by atoms with Gasteiger partial charge in [0.05, 0.1) is 0 Å². The predicted molar refractivity (Wildman–Crippen MR) is 116 cm³/mol. The summed E-state index contributed by atoms with van der Waals surface area (Å²) >= 11 is 11.6. The Hall–Kier alpha value is -2.32. The summed E-state index contributed by atoms with van der Waals surface area (Å²) in [6, 6.07) is 5.47. The van der Waals surface area contributed by atoms with Gasteiger partial charge in [0.25, 0.3) is 5.56 Å². The van der Waals surface area contributed by atoms with E-state index >= 15 is 0 Å². The van der Waals surface area contributed by atoms with E-state index in [-0.39, 0.29) is 16.6 Å². The average molecular weight is 410 g/mol. The van der Waals surface area contributed by atoms with Crippen LogP contribution in [-0.2, 0) is 6.54 Å². The van der Waals surface area contributed by atoms with Crippen LogP contribution in [0.25, 0.3) is 0 Å². The molecule has 0 bridgehead atoms. The van der Waals surface area contributed by atoms with Gasteiger partial charge in [-0.2, -0.15) is 0 Å². The van der Waals surface area contributed by atoms with Crippen molar-refractivity contribution >= 4 is 46.1 Å². The highest BCUT2D eigenvalue weighted by molar-refractivity contribution is 7.80. The van der Waals surface area contributed by atoms with Crippen LogP contribution >= 0.6 is 23.8 Å². The minimum atomic E-state index is -0.571. The molecular formula is C18H24ClN5O2S. The van der Waals surface area contributed by atoms with Gasteiger partial charge in [-0.15, -0.1) is 0 Å². The average Bonchev–Trinajstić information content (AvgIpc) is 2.61. The van der Waals surface area contributed by atoms with Crippen LogP contribution in [0.1, 0.15) is 32.3 Å². The van der Waals surface area contributed by atoms with Gasteiger partial charge in [0.1, 0.15) is 5.82 Å². The molecule has 0 radical (unpaired) electrons. The van der Waals surface area contributed by atoms with Crippen molar-refractivity contribution < 1.29 is 0 Å². The van der Waals surface area contributed by atoms with Crippen LogP contribution in [0, 0.1) is 6.92 Å². The van der Waals surface area contributed by atoms with Gasteiger partial charge >= 0.3 is 5.69 Å². The summed E-state index contributed by atoms with van der Waals surface area (Å²) < 4.78 is 1.37. The number of hydrogen-bond acceptors (Lipinski definition) is 4. The molecule has 1 aromatic carbocycles. The second-order valence-electron chi connectivity index (χ2n) is 6.14. The van der Waals surface area contributed by atoms with E-state index in [1.165, 1.54) is 4.57 Å². The Morgan fingerprint density at radius 1 is 1.37 bits per heavy atom. The summed E-state index contributed by atoms with van der Waals surface area (Å²) in [6.07, 6.45) is 1.66. The van der Waals surface area contributed by atoms with Gasteiger partial charge in [-0.1, -0.05) is 31.0 Å². The van der Waals surface area contributed by atoms with Crippen LogP contribution in [0.2, 0.25) is 5.02 Å². The number of unbranched alkanes of at least 4 members (excludes halogenated alkanes) is 1. The Labute approximate surface area is 168 Å². The largest absolute Gasteiger partial charge is 0.383 e. The normalized spacial score (nSPS) is 10.7. The minimum absolute atomic E-state index is 0.102. The molecule has 1 aromatic heterocycles. The molecule has 0 fully saturated rings. The molecule has 146 valence electrons. The maximum Gasteiger partial charge on any atom is 0.330 e. The summed E-state index contributed by atoms with van der Waals surface area (Å²) in [5, 5.41) is 3.96. The smallest absolute Gasteiger partial charge is 0.330 e. The highest BCUT2D eigenvalue weighted by atomic mass is 35.5. The van der Waals surface area contributed by atoms with Crippen LogP contribution in [0.3, 0.4) is 0 Å². The number of nitrogens with two attached hydrogens (primary N) is 1. The molecule has 2 aromatic rings. The SMILES string of the molecule is CCCCn1c(N)c(N(CC)C(=S)Nc2ccc(C)c(Cl)c2)c(=O)[nH]c1=O.